The van der Waals surface area contributed by atoms with Gasteiger partial charge in [0.05, 0.1) is 0 Å². The van der Waals surface area contributed by atoms with Crippen LogP contribution in [0.4, 0.5) is 0 Å². The predicted octanol–water partition coefficient (Wildman–Crippen LogP) is 5.66. The van der Waals surface area contributed by atoms with E-state index in [4.69, 9.17) is 9.47 Å². The van der Waals surface area contributed by atoms with Gasteiger partial charge in [-0.1, -0.05) is 69.4 Å². The van der Waals surface area contributed by atoms with Crippen LogP contribution >= 0.6 is 0 Å². The van der Waals surface area contributed by atoms with Crippen molar-refractivity contribution in [2.24, 2.45) is 0 Å². The third kappa shape index (κ3) is 6.19. The molecule has 0 aliphatic rings. The molecule has 0 aromatic heterocycles. The summed E-state index contributed by atoms with van der Waals surface area (Å²) in [5.41, 5.74) is 1.14. The highest BCUT2D eigenvalue weighted by Crippen LogP contribution is 2.33. The molecule has 2 heteroatoms. The lowest BCUT2D eigenvalue weighted by molar-refractivity contribution is -0.247. The standard InChI is InChI=1S/C19H32O2/c1-4-7-8-9-10-14-17-19(20-5-2,21-6-3)18-15-12-11-13-16-18/h11-13,15-16H,4-10,14,17H2,1-3H3. The highest BCUT2D eigenvalue weighted by Gasteiger charge is 2.32. The Morgan fingerprint density at radius 3 is 1.90 bits per heavy atom. The van der Waals surface area contributed by atoms with Crippen molar-refractivity contribution in [3.63, 3.8) is 0 Å². The van der Waals surface area contributed by atoms with Gasteiger partial charge in [-0.2, -0.15) is 0 Å². The maximum absolute atomic E-state index is 6.06. The van der Waals surface area contributed by atoms with Gasteiger partial charge in [-0.3, -0.25) is 0 Å². The molecule has 21 heavy (non-hydrogen) atoms. The van der Waals surface area contributed by atoms with Crippen molar-refractivity contribution in [3.8, 4) is 0 Å². The van der Waals surface area contributed by atoms with E-state index < -0.39 is 5.79 Å². The van der Waals surface area contributed by atoms with Gasteiger partial charge in [-0.05, 0) is 20.3 Å². The van der Waals surface area contributed by atoms with Gasteiger partial charge in [0.1, 0.15) is 0 Å². The van der Waals surface area contributed by atoms with Crippen LogP contribution < -0.4 is 0 Å². The SMILES string of the molecule is CCCCCCCCC(OCC)(OCC)c1ccccc1. The monoisotopic (exact) mass is 292 g/mol. The number of unbranched alkanes of at least 4 members (excludes halogenated alkanes) is 5. The first-order valence-electron chi connectivity index (χ1n) is 8.62. The highest BCUT2D eigenvalue weighted by atomic mass is 16.7. The van der Waals surface area contributed by atoms with E-state index in [1.165, 1.54) is 32.1 Å². The fourth-order valence-corrected chi connectivity index (χ4v) is 2.79. The van der Waals surface area contributed by atoms with Gasteiger partial charge < -0.3 is 9.47 Å². The second-order valence-electron chi connectivity index (χ2n) is 5.50. The molecular weight excluding hydrogens is 260 g/mol. The Hall–Kier alpha value is -0.860. The molecule has 0 unspecified atom stereocenters. The molecule has 0 heterocycles. The van der Waals surface area contributed by atoms with Crippen molar-refractivity contribution in [3.05, 3.63) is 35.9 Å². The topological polar surface area (TPSA) is 18.5 Å². The van der Waals surface area contributed by atoms with Crippen molar-refractivity contribution in [2.45, 2.75) is 71.5 Å². The van der Waals surface area contributed by atoms with Crippen LogP contribution in [0.2, 0.25) is 0 Å². The summed E-state index contributed by atoms with van der Waals surface area (Å²) in [6, 6.07) is 10.4. The number of benzene rings is 1. The Morgan fingerprint density at radius 1 is 0.762 bits per heavy atom. The largest absolute Gasteiger partial charge is 0.346 e. The van der Waals surface area contributed by atoms with E-state index in [1.54, 1.807) is 0 Å². The highest BCUT2D eigenvalue weighted by molar-refractivity contribution is 5.20. The van der Waals surface area contributed by atoms with E-state index in [1.807, 2.05) is 19.9 Å². The quantitative estimate of drug-likeness (QED) is 0.365. The lowest BCUT2D eigenvalue weighted by Crippen LogP contribution is -2.33. The van der Waals surface area contributed by atoms with Crippen molar-refractivity contribution >= 4 is 0 Å². The van der Waals surface area contributed by atoms with Gasteiger partial charge in [-0.15, -0.1) is 0 Å². The number of rotatable bonds is 12. The summed E-state index contributed by atoms with van der Waals surface area (Å²) in [6.07, 6.45) is 8.65. The van der Waals surface area contributed by atoms with Gasteiger partial charge in [0.25, 0.3) is 0 Å². The van der Waals surface area contributed by atoms with Crippen LogP contribution in [0.1, 0.15) is 71.3 Å². The zero-order valence-electron chi connectivity index (χ0n) is 14.1. The van der Waals surface area contributed by atoms with E-state index >= 15 is 0 Å². The smallest absolute Gasteiger partial charge is 0.194 e. The first kappa shape index (κ1) is 18.2. The summed E-state index contributed by atoms with van der Waals surface area (Å²) in [4.78, 5) is 0. The van der Waals surface area contributed by atoms with Crippen LogP contribution in [0.15, 0.2) is 30.3 Å². The van der Waals surface area contributed by atoms with Gasteiger partial charge in [0, 0.05) is 25.2 Å². The van der Waals surface area contributed by atoms with Crippen LogP contribution in [0.3, 0.4) is 0 Å². The first-order chi connectivity index (χ1) is 10.3. The van der Waals surface area contributed by atoms with Crippen molar-refractivity contribution in [1.29, 1.82) is 0 Å². The fourth-order valence-electron chi connectivity index (χ4n) is 2.79. The van der Waals surface area contributed by atoms with E-state index in [2.05, 4.69) is 31.2 Å². The van der Waals surface area contributed by atoms with Crippen molar-refractivity contribution in [1.82, 2.24) is 0 Å². The second-order valence-corrected chi connectivity index (χ2v) is 5.50. The van der Waals surface area contributed by atoms with Crippen LogP contribution in [-0.2, 0) is 15.3 Å². The van der Waals surface area contributed by atoms with Crippen molar-refractivity contribution < 1.29 is 9.47 Å². The van der Waals surface area contributed by atoms with Gasteiger partial charge in [0.2, 0.25) is 0 Å². The van der Waals surface area contributed by atoms with Gasteiger partial charge >= 0.3 is 0 Å². The maximum Gasteiger partial charge on any atom is 0.194 e. The summed E-state index contributed by atoms with van der Waals surface area (Å²) in [5.74, 6) is -0.560. The average molecular weight is 292 g/mol. The Balaban J connectivity index is 2.63. The molecule has 120 valence electrons. The molecule has 2 nitrogen and oxygen atoms in total. The van der Waals surface area contributed by atoms with E-state index in [0.717, 1.165) is 18.4 Å². The molecule has 0 spiro atoms. The molecule has 0 radical (unpaired) electrons. The van der Waals surface area contributed by atoms with Gasteiger partial charge in [0.15, 0.2) is 5.79 Å². The minimum absolute atomic E-state index is 0.560. The summed E-state index contributed by atoms with van der Waals surface area (Å²) in [7, 11) is 0. The molecule has 0 aliphatic carbocycles. The van der Waals surface area contributed by atoms with E-state index in [9.17, 15) is 0 Å². The molecule has 0 aliphatic heterocycles. The van der Waals surface area contributed by atoms with Gasteiger partial charge in [-0.25, -0.2) is 0 Å². The Labute approximate surface area is 130 Å². The second kappa shape index (κ2) is 10.8. The van der Waals surface area contributed by atoms with E-state index in [0.29, 0.717) is 13.2 Å². The zero-order chi connectivity index (χ0) is 15.4. The molecule has 0 saturated carbocycles. The Kier molecular flexibility index (Phi) is 9.36. The number of ether oxygens (including phenoxy) is 2. The minimum atomic E-state index is -0.560. The molecule has 0 N–H and O–H groups in total. The summed E-state index contributed by atoms with van der Waals surface area (Å²) >= 11 is 0. The Bertz CT molecular complexity index is 342. The molecule has 0 amide bonds. The molecular formula is C19H32O2. The summed E-state index contributed by atoms with van der Waals surface area (Å²) in [5, 5.41) is 0. The van der Waals surface area contributed by atoms with E-state index in [-0.39, 0.29) is 0 Å². The van der Waals surface area contributed by atoms with Crippen LogP contribution in [0.5, 0.6) is 0 Å². The molecule has 0 atom stereocenters. The van der Waals surface area contributed by atoms with Crippen LogP contribution in [-0.4, -0.2) is 13.2 Å². The molecule has 1 rings (SSSR count). The number of hydrogen-bond acceptors (Lipinski definition) is 2. The lowest BCUT2D eigenvalue weighted by Gasteiger charge is -2.34. The molecule has 0 saturated heterocycles. The predicted molar refractivity (Wildman–Crippen MR) is 89.4 cm³/mol. The molecule has 0 bridgehead atoms. The first-order valence-corrected chi connectivity index (χ1v) is 8.62. The molecule has 1 aromatic rings. The maximum atomic E-state index is 6.06. The minimum Gasteiger partial charge on any atom is -0.346 e. The normalized spacial score (nSPS) is 11.8. The fraction of sp³-hybridized carbons (Fsp3) is 0.684. The van der Waals surface area contributed by atoms with Crippen molar-refractivity contribution in [2.75, 3.05) is 13.2 Å². The summed E-state index contributed by atoms with van der Waals surface area (Å²) < 4.78 is 12.1. The summed E-state index contributed by atoms with van der Waals surface area (Å²) in [6.45, 7) is 7.68. The average Bonchev–Trinajstić information content (AvgIpc) is 2.52. The van der Waals surface area contributed by atoms with Crippen LogP contribution in [0.25, 0.3) is 0 Å². The third-order valence-electron chi connectivity index (χ3n) is 3.83. The Morgan fingerprint density at radius 2 is 1.33 bits per heavy atom. The third-order valence-corrected chi connectivity index (χ3v) is 3.83. The zero-order valence-corrected chi connectivity index (χ0v) is 14.1. The lowest BCUT2D eigenvalue weighted by atomic mass is 9.98. The molecule has 1 aromatic carbocycles. The van der Waals surface area contributed by atoms with Crippen LogP contribution in [0, 0.1) is 0 Å². The number of hydrogen-bond donors (Lipinski definition) is 0. The molecule has 0 fully saturated rings.